The van der Waals surface area contributed by atoms with Gasteiger partial charge in [-0.3, -0.25) is 0 Å². The molecule has 0 heterocycles. The third-order valence-corrected chi connectivity index (χ3v) is 3.57. The molecule has 1 heteroatoms. The molecule has 0 radical (unpaired) electrons. The van der Waals surface area contributed by atoms with Gasteiger partial charge in [-0.15, -0.1) is 0 Å². The molecule has 1 fully saturated rings. The van der Waals surface area contributed by atoms with Gasteiger partial charge in [-0.05, 0) is 56.4 Å². The van der Waals surface area contributed by atoms with Crippen molar-refractivity contribution >= 4 is 0 Å². The highest BCUT2D eigenvalue weighted by molar-refractivity contribution is 4.79. The molecule has 1 aliphatic carbocycles. The zero-order chi connectivity index (χ0) is 11.3. The second-order valence-electron chi connectivity index (χ2n) is 6.10. The van der Waals surface area contributed by atoms with Crippen LogP contribution in [0.2, 0.25) is 0 Å². The first-order valence-corrected chi connectivity index (χ1v) is 6.81. The molecular formula is C14H29N. The van der Waals surface area contributed by atoms with E-state index in [1.807, 2.05) is 0 Å². The first-order valence-electron chi connectivity index (χ1n) is 6.81. The Morgan fingerprint density at radius 3 is 2.20 bits per heavy atom. The lowest BCUT2D eigenvalue weighted by Gasteiger charge is -2.32. The van der Waals surface area contributed by atoms with Crippen molar-refractivity contribution in [2.24, 2.45) is 17.8 Å². The highest BCUT2D eigenvalue weighted by Gasteiger charge is 2.22. The van der Waals surface area contributed by atoms with Crippen molar-refractivity contribution in [2.45, 2.75) is 65.8 Å². The molecule has 0 aromatic heterocycles. The van der Waals surface area contributed by atoms with Crippen LogP contribution in [0.25, 0.3) is 0 Å². The van der Waals surface area contributed by atoms with Crippen LogP contribution >= 0.6 is 0 Å². The van der Waals surface area contributed by atoms with E-state index in [0.29, 0.717) is 0 Å². The molecule has 0 aliphatic heterocycles. The number of rotatable bonds is 5. The van der Waals surface area contributed by atoms with E-state index in [0.717, 1.165) is 23.8 Å². The molecular weight excluding hydrogens is 182 g/mol. The normalized spacial score (nSPS) is 32.2. The van der Waals surface area contributed by atoms with E-state index in [9.17, 15) is 0 Å². The van der Waals surface area contributed by atoms with Gasteiger partial charge in [0.2, 0.25) is 0 Å². The summed E-state index contributed by atoms with van der Waals surface area (Å²) in [5.41, 5.74) is 0. The minimum absolute atomic E-state index is 0.802. The largest absolute Gasteiger partial charge is 0.314 e. The molecule has 1 N–H and O–H groups in total. The van der Waals surface area contributed by atoms with Gasteiger partial charge in [-0.25, -0.2) is 0 Å². The Bertz CT molecular complexity index is 155. The fourth-order valence-electron chi connectivity index (χ4n) is 2.93. The van der Waals surface area contributed by atoms with E-state index < -0.39 is 0 Å². The minimum Gasteiger partial charge on any atom is -0.314 e. The van der Waals surface area contributed by atoms with Crippen molar-refractivity contribution in [2.75, 3.05) is 6.54 Å². The molecule has 15 heavy (non-hydrogen) atoms. The summed E-state index contributed by atoms with van der Waals surface area (Å²) in [6.07, 6.45) is 6.93. The lowest BCUT2D eigenvalue weighted by atomic mass is 9.80. The lowest BCUT2D eigenvalue weighted by Crippen LogP contribution is -2.36. The summed E-state index contributed by atoms with van der Waals surface area (Å²) in [4.78, 5) is 0. The van der Waals surface area contributed by atoms with E-state index in [1.165, 1.54) is 38.6 Å². The Balaban J connectivity index is 2.10. The Morgan fingerprint density at radius 2 is 1.67 bits per heavy atom. The molecule has 1 aliphatic rings. The number of nitrogens with one attached hydrogen (secondary N) is 1. The standard InChI is InChI=1S/C14H29N/c1-11(2)6-5-7-15-14-9-12(3)8-13(4)10-14/h11-15H,5-10H2,1-4H3. The molecule has 90 valence electrons. The monoisotopic (exact) mass is 211 g/mol. The minimum atomic E-state index is 0.802. The second kappa shape index (κ2) is 6.52. The van der Waals surface area contributed by atoms with Crippen LogP contribution in [-0.4, -0.2) is 12.6 Å². The molecule has 2 atom stereocenters. The van der Waals surface area contributed by atoms with Gasteiger partial charge < -0.3 is 5.32 Å². The molecule has 0 bridgehead atoms. The van der Waals surface area contributed by atoms with Crippen LogP contribution in [-0.2, 0) is 0 Å². The maximum Gasteiger partial charge on any atom is 0.00721 e. The Kier molecular flexibility index (Phi) is 5.66. The maximum atomic E-state index is 3.74. The molecule has 0 saturated heterocycles. The van der Waals surface area contributed by atoms with Crippen molar-refractivity contribution < 1.29 is 0 Å². The van der Waals surface area contributed by atoms with Gasteiger partial charge in [0.15, 0.2) is 0 Å². The van der Waals surface area contributed by atoms with Crippen molar-refractivity contribution in [1.82, 2.24) is 5.32 Å². The van der Waals surface area contributed by atoms with E-state index in [4.69, 9.17) is 0 Å². The van der Waals surface area contributed by atoms with Crippen LogP contribution < -0.4 is 5.32 Å². The average molecular weight is 211 g/mol. The zero-order valence-corrected chi connectivity index (χ0v) is 11.1. The Morgan fingerprint density at radius 1 is 1.07 bits per heavy atom. The Labute approximate surface area is 96.0 Å². The van der Waals surface area contributed by atoms with Gasteiger partial charge in [0.05, 0.1) is 0 Å². The predicted octanol–water partition coefficient (Wildman–Crippen LogP) is 3.84. The second-order valence-corrected chi connectivity index (χ2v) is 6.10. The average Bonchev–Trinajstić information content (AvgIpc) is 2.10. The van der Waals surface area contributed by atoms with E-state index in [1.54, 1.807) is 0 Å². The third-order valence-electron chi connectivity index (χ3n) is 3.57. The summed E-state index contributed by atoms with van der Waals surface area (Å²) < 4.78 is 0. The summed E-state index contributed by atoms with van der Waals surface area (Å²) >= 11 is 0. The van der Waals surface area contributed by atoms with Gasteiger partial charge in [0, 0.05) is 6.04 Å². The summed E-state index contributed by atoms with van der Waals surface area (Å²) in [7, 11) is 0. The number of hydrogen-bond donors (Lipinski definition) is 1. The van der Waals surface area contributed by atoms with Crippen molar-refractivity contribution in [3.05, 3.63) is 0 Å². The quantitative estimate of drug-likeness (QED) is 0.681. The van der Waals surface area contributed by atoms with Crippen LogP contribution in [0.5, 0.6) is 0 Å². The van der Waals surface area contributed by atoms with Gasteiger partial charge >= 0.3 is 0 Å². The molecule has 0 aromatic rings. The first kappa shape index (κ1) is 13.0. The zero-order valence-electron chi connectivity index (χ0n) is 11.1. The fraction of sp³-hybridized carbons (Fsp3) is 1.00. The lowest BCUT2D eigenvalue weighted by molar-refractivity contribution is 0.238. The summed E-state index contributed by atoms with van der Waals surface area (Å²) in [5.74, 6) is 2.71. The van der Waals surface area contributed by atoms with E-state index in [2.05, 4.69) is 33.0 Å². The SMILES string of the molecule is CC(C)CCCNC1CC(C)CC(C)C1. The maximum absolute atomic E-state index is 3.74. The number of hydrogen-bond acceptors (Lipinski definition) is 1. The highest BCUT2D eigenvalue weighted by Crippen LogP contribution is 2.28. The van der Waals surface area contributed by atoms with Crippen LogP contribution in [0, 0.1) is 17.8 Å². The van der Waals surface area contributed by atoms with Crippen LogP contribution in [0.4, 0.5) is 0 Å². The fourth-order valence-corrected chi connectivity index (χ4v) is 2.93. The van der Waals surface area contributed by atoms with Crippen LogP contribution in [0.1, 0.15) is 59.8 Å². The molecule has 2 unspecified atom stereocenters. The summed E-state index contributed by atoms with van der Waals surface area (Å²) in [5, 5.41) is 3.74. The molecule has 1 rings (SSSR count). The first-order chi connectivity index (χ1) is 7.08. The van der Waals surface area contributed by atoms with Crippen molar-refractivity contribution in [3.8, 4) is 0 Å². The van der Waals surface area contributed by atoms with Gasteiger partial charge in [-0.2, -0.15) is 0 Å². The predicted molar refractivity (Wildman–Crippen MR) is 68.0 cm³/mol. The smallest absolute Gasteiger partial charge is 0.00721 e. The molecule has 0 spiro atoms. The molecule has 0 aromatic carbocycles. The van der Waals surface area contributed by atoms with Gasteiger partial charge in [-0.1, -0.05) is 27.7 Å². The van der Waals surface area contributed by atoms with E-state index >= 15 is 0 Å². The highest BCUT2D eigenvalue weighted by atomic mass is 14.9. The van der Waals surface area contributed by atoms with Gasteiger partial charge in [0.25, 0.3) is 0 Å². The van der Waals surface area contributed by atoms with Crippen molar-refractivity contribution in [1.29, 1.82) is 0 Å². The Hall–Kier alpha value is -0.0400. The van der Waals surface area contributed by atoms with Gasteiger partial charge in [0.1, 0.15) is 0 Å². The molecule has 0 amide bonds. The third kappa shape index (κ3) is 5.55. The van der Waals surface area contributed by atoms with Crippen LogP contribution in [0.3, 0.4) is 0 Å². The van der Waals surface area contributed by atoms with Crippen molar-refractivity contribution in [3.63, 3.8) is 0 Å². The molecule has 1 saturated carbocycles. The van der Waals surface area contributed by atoms with E-state index in [-0.39, 0.29) is 0 Å². The van der Waals surface area contributed by atoms with Crippen LogP contribution in [0.15, 0.2) is 0 Å². The summed E-state index contributed by atoms with van der Waals surface area (Å²) in [6, 6.07) is 0.802. The topological polar surface area (TPSA) is 12.0 Å². The molecule has 1 nitrogen and oxygen atoms in total. The summed E-state index contributed by atoms with van der Waals surface area (Å²) in [6.45, 7) is 10.6.